The average Bonchev–Trinajstić information content (AvgIpc) is 2.59. The van der Waals surface area contributed by atoms with Gasteiger partial charge < -0.3 is 10.6 Å². The normalized spacial score (nSPS) is 12.4. The van der Waals surface area contributed by atoms with Gasteiger partial charge >= 0.3 is 0 Å². The van der Waals surface area contributed by atoms with Crippen LogP contribution in [0.4, 0.5) is 0 Å². The summed E-state index contributed by atoms with van der Waals surface area (Å²) in [6, 6.07) is 14.1. The first-order valence-electron chi connectivity index (χ1n) is 8.73. The van der Waals surface area contributed by atoms with E-state index in [-0.39, 0.29) is 5.78 Å². The maximum absolute atomic E-state index is 12.4. The molecule has 124 valence electrons. The first kappa shape index (κ1) is 17.6. The van der Waals surface area contributed by atoms with Gasteiger partial charge in [-0.2, -0.15) is 0 Å². The summed E-state index contributed by atoms with van der Waals surface area (Å²) in [5, 5.41) is 9.25. The maximum atomic E-state index is 12.4. The van der Waals surface area contributed by atoms with Crippen molar-refractivity contribution >= 4 is 16.6 Å². The molecule has 2 rings (SSSR count). The molecule has 3 heteroatoms. The Morgan fingerprint density at radius 1 is 0.957 bits per heavy atom. The van der Waals surface area contributed by atoms with Crippen LogP contribution in [0.2, 0.25) is 0 Å². The fourth-order valence-electron chi connectivity index (χ4n) is 2.75. The molecule has 1 atom stereocenters. The molecule has 0 spiro atoms. The number of Topliss-reactive ketones (excluding diaryl/α,β-unsaturated/α-hetero) is 1. The van der Waals surface area contributed by atoms with Crippen LogP contribution in [0, 0.1) is 0 Å². The highest BCUT2D eigenvalue weighted by atomic mass is 16.1. The number of carbonyl (C=O) groups is 1. The van der Waals surface area contributed by atoms with E-state index in [9.17, 15) is 4.79 Å². The third-order valence-electron chi connectivity index (χ3n) is 4.03. The molecule has 2 aromatic carbocycles. The van der Waals surface area contributed by atoms with Crippen LogP contribution in [0.25, 0.3) is 10.8 Å². The van der Waals surface area contributed by atoms with Crippen LogP contribution < -0.4 is 10.6 Å². The molecule has 0 radical (unpaired) electrons. The van der Waals surface area contributed by atoms with Crippen LogP contribution in [0.1, 0.15) is 49.9 Å². The van der Waals surface area contributed by atoms with E-state index in [1.54, 1.807) is 0 Å². The molecule has 0 amide bonds. The van der Waals surface area contributed by atoms with Gasteiger partial charge in [0.2, 0.25) is 0 Å². The predicted molar refractivity (Wildman–Crippen MR) is 97.9 cm³/mol. The molecule has 0 fully saturated rings. The second-order valence-corrected chi connectivity index (χ2v) is 5.98. The molecule has 2 N–H and O–H groups in total. The smallest absolute Gasteiger partial charge is 0.164 e. The molecule has 0 heterocycles. The molecule has 0 aromatic heterocycles. The van der Waals surface area contributed by atoms with Crippen LogP contribution in [-0.4, -0.2) is 25.0 Å². The first-order chi connectivity index (χ1) is 11.2. The van der Waals surface area contributed by atoms with E-state index >= 15 is 0 Å². The van der Waals surface area contributed by atoms with Gasteiger partial charge in [-0.3, -0.25) is 4.79 Å². The molecule has 0 aliphatic carbocycles. The standard InChI is InChI=1S/C20H28N2O/c1-3-7-20(21-13-4-2)22-14-12-19(23)18-11-10-16-8-5-6-9-17(16)15-18/h5-6,8-11,15,20-22H,3-4,7,12-14H2,1-2H3. The van der Waals surface area contributed by atoms with Crippen molar-refractivity contribution in [3.63, 3.8) is 0 Å². The molecule has 0 bridgehead atoms. The van der Waals surface area contributed by atoms with Crippen molar-refractivity contribution in [1.29, 1.82) is 0 Å². The van der Waals surface area contributed by atoms with Crippen LogP contribution in [-0.2, 0) is 0 Å². The van der Waals surface area contributed by atoms with Gasteiger partial charge in [0, 0.05) is 18.5 Å². The summed E-state index contributed by atoms with van der Waals surface area (Å²) in [7, 11) is 0. The lowest BCUT2D eigenvalue weighted by Gasteiger charge is -2.19. The van der Waals surface area contributed by atoms with Gasteiger partial charge in [0.05, 0.1) is 6.17 Å². The van der Waals surface area contributed by atoms with Crippen LogP contribution in [0.5, 0.6) is 0 Å². The number of carbonyl (C=O) groups excluding carboxylic acids is 1. The SMILES string of the molecule is CCCNC(CCC)NCCC(=O)c1ccc2ccccc2c1. The van der Waals surface area contributed by atoms with E-state index in [0.717, 1.165) is 36.8 Å². The lowest BCUT2D eigenvalue weighted by molar-refractivity contribution is 0.0981. The molecule has 0 saturated carbocycles. The molecule has 2 aromatic rings. The Morgan fingerprint density at radius 2 is 1.70 bits per heavy atom. The summed E-state index contributed by atoms with van der Waals surface area (Å²) in [6.45, 7) is 6.07. The summed E-state index contributed by atoms with van der Waals surface area (Å²) in [4.78, 5) is 12.4. The molecular formula is C20H28N2O. The topological polar surface area (TPSA) is 41.1 Å². The van der Waals surface area contributed by atoms with Crippen molar-refractivity contribution in [2.75, 3.05) is 13.1 Å². The number of hydrogen-bond acceptors (Lipinski definition) is 3. The number of benzene rings is 2. The summed E-state index contributed by atoms with van der Waals surface area (Å²) in [5.74, 6) is 0.203. The molecule has 23 heavy (non-hydrogen) atoms. The number of fused-ring (bicyclic) bond motifs is 1. The highest BCUT2D eigenvalue weighted by molar-refractivity contribution is 6.00. The van der Waals surface area contributed by atoms with E-state index in [1.165, 1.54) is 5.39 Å². The monoisotopic (exact) mass is 312 g/mol. The van der Waals surface area contributed by atoms with Crippen LogP contribution >= 0.6 is 0 Å². The van der Waals surface area contributed by atoms with Gasteiger partial charge in [-0.25, -0.2) is 0 Å². The minimum absolute atomic E-state index is 0.203. The fourth-order valence-corrected chi connectivity index (χ4v) is 2.75. The van der Waals surface area contributed by atoms with E-state index in [2.05, 4.69) is 36.6 Å². The van der Waals surface area contributed by atoms with Crippen LogP contribution in [0.15, 0.2) is 42.5 Å². The lowest BCUT2D eigenvalue weighted by Crippen LogP contribution is -2.43. The Balaban J connectivity index is 1.87. The second kappa shape index (κ2) is 9.43. The summed E-state index contributed by atoms with van der Waals surface area (Å²) in [6.07, 6.45) is 4.19. The highest BCUT2D eigenvalue weighted by Crippen LogP contribution is 2.16. The van der Waals surface area contributed by atoms with E-state index < -0.39 is 0 Å². The Labute approximate surface area is 139 Å². The molecule has 0 aliphatic rings. The van der Waals surface area contributed by atoms with Gasteiger partial charge in [-0.15, -0.1) is 0 Å². The largest absolute Gasteiger partial charge is 0.302 e. The molecule has 0 saturated heterocycles. The zero-order valence-electron chi connectivity index (χ0n) is 14.3. The van der Waals surface area contributed by atoms with E-state index in [1.807, 2.05) is 30.3 Å². The molecule has 0 aliphatic heterocycles. The quantitative estimate of drug-likeness (QED) is 0.512. The third-order valence-corrected chi connectivity index (χ3v) is 4.03. The molecular weight excluding hydrogens is 284 g/mol. The summed E-state index contributed by atoms with van der Waals surface area (Å²) >= 11 is 0. The van der Waals surface area contributed by atoms with Gasteiger partial charge in [0.15, 0.2) is 5.78 Å². The zero-order valence-corrected chi connectivity index (χ0v) is 14.3. The molecule has 1 unspecified atom stereocenters. The Morgan fingerprint density at radius 3 is 2.43 bits per heavy atom. The van der Waals surface area contributed by atoms with Gasteiger partial charge in [0.1, 0.15) is 0 Å². The molecule has 3 nitrogen and oxygen atoms in total. The second-order valence-electron chi connectivity index (χ2n) is 5.98. The van der Waals surface area contributed by atoms with Gasteiger partial charge in [-0.05, 0) is 36.2 Å². The number of rotatable bonds is 10. The van der Waals surface area contributed by atoms with Gasteiger partial charge in [-0.1, -0.05) is 56.7 Å². The number of nitrogens with one attached hydrogen (secondary N) is 2. The zero-order chi connectivity index (χ0) is 16.5. The van der Waals surface area contributed by atoms with Crippen molar-refractivity contribution in [3.05, 3.63) is 48.0 Å². The summed E-state index contributed by atoms with van der Waals surface area (Å²) < 4.78 is 0. The lowest BCUT2D eigenvalue weighted by atomic mass is 10.0. The van der Waals surface area contributed by atoms with Crippen molar-refractivity contribution < 1.29 is 4.79 Å². The Kier molecular flexibility index (Phi) is 7.24. The summed E-state index contributed by atoms with van der Waals surface area (Å²) in [5.41, 5.74) is 0.805. The Bertz CT molecular complexity index is 624. The van der Waals surface area contributed by atoms with E-state index in [4.69, 9.17) is 0 Å². The maximum Gasteiger partial charge on any atom is 0.164 e. The van der Waals surface area contributed by atoms with Crippen molar-refractivity contribution in [1.82, 2.24) is 10.6 Å². The van der Waals surface area contributed by atoms with E-state index in [0.29, 0.717) is 19.1 Å². The van der Waals surface area contributed by atoms with Crippen molar-refractivity contribution in [3.8, 4) is 0 Å². The Hall–Kier alpha value is -1.71. The van der Waals surface area contributed by atoms with Crippen molar-refractivity contribution in [2.24, 2.45) is 0 Å². The minimum Gasteiger partial charge on any atom is -0.302 e. The first-order valence-corrected chi connectivity index (χ1v) is 8.73. The fraction of sp³-hybridized carbons (Fsp3) is 0.450. The number of ketones is 1. The third kappa shape index (κ3) is 5.45. The van der Waals surface area contributed by atoms with Gasteiger partial charge in [0.25, 0.3) is 0 Å². The minimum atomic E-state index is 0.203. The predicted octanol–water partition coefficient (Wildman–Crippen LogP) is 4.13. The average molecular weight is 312 g/mol. The van der Waals surface area contributed by atoms with Crippen molar-refractivity contribution in [2.45, 2.75) is 45.7 Å². The number of hydrogen-bond donors (Lipinski definition) is 2. The van der Waals surface area contributed by atoms with Crippen LogP contribution in [0.3, 0.4) is 0 Å². The highest BCUT2D eigenvalue weighted by Gasteiger charge is 2.09.